The number of rotatable bonds is 5. The van der Waals surface area contributed by atoms with E-state index in [0.29, 0.717) is 11.6 Å². The Balaban J connectivity index is 1.13. The minimum Gasteiger partial charge on any atom is -0.455 e. The van der Waals surface area contributed by atoms with Crippen LogP contribution in [-0.4, -0.2) is 15.0 Å². The molecule has 1 aliphatic rings. The first-order chi connectivity index (χ1) is 25.2. The van der Waals surface area contributed by atoms with Crippen molar-refractivity contribution < 1.29 is 4.42 Å². The number of hydrogen-bond donors (Lipinski definition) is 0. The lowest BCUT2D eigenvalue weighted by Crippen LogP contribution is -2.08. The molecule has 240 valence electrons. The molecule has 1 aliphatic carbocycles. The maximum absolute atomic E-state index is 6.66. The average molecular weight is 654 g/mol. The maximum atomic E-state index is 6.66. The molecule has 4 heteroatoms. The third-order valence-electron chi connectivity index (χ3n) is 10.0. The molecule has 51 heavy (non-hydrogen) atoms. The monoisotopic (exact) mass is 653 g/mol. The van der Waals surface area contributed by atoms with Gasteiger partial charge in [0.2, 0.25) is 0 Å². The van der Waals surface area contributed by atoms with Gasteiger partial charge in [0.05, 0.1) is 0 Å². The first kappa shape index (κ1) is 29.3. The molecule has 1 atom stereocenters. The van der Waals surface area contributed by atoms with Crippen LogP contribution in [0.4, 0.5) is 0 Å². The highest BCUT2D eigenvalue weighted by Gasteiger charge is 2.22. The van der Waals surface area contributed by atoms with Gasteiger partial charge in [-0.25, -0.2) is 15.0 Å². The van der Waals surface area contributed by atoms with Gasteiger partial charge in [-0.05, 0) is 75.0 Å². The molecule has 0 bridgehead atoms. The molecule has 0 N–H and O–H groups in total. The summed E-state index contributed by atoms with van der Waals surface area (Å²) in [4.78, 5) is 15.5. The fourth-order valence-electron chi connectivity index (χ4n) is 7.36. The molecule has 2 aromatic heterocycles. The van der Waals surface area contributed by atoms with E-state index in [0.717, 1.165) is 62.0 Å². The summed E-state index contributed by atoms with van der Waals surface area (Å²) < 4.78 is 6.66. The minimum atomic E-state index is 0.0563. The SMILES string of the molecule is C1=CCC(c2nc(-c3ccc(-c4ccc5ccccc5c4)cc3)nc(-c3ccc(-c4ccc5ccccc5c4)c4oc5ccccc5c34)n2)C=C1. The number of allylic oxidation sites excluding steroid dienone is 4. The Hall–Kier alpha value is -6.65. The zero-order valence-electron chi connectivity index (χ0n) is 27.7. The lowest BCUT2D eigenvalue weighted by atomic mass is 9.96. The van der Waals surface area contributed by atoms with Gasteiger partial charge >= 0.3 is 0 Å². The van der Waals surface area contributed by atoms with E-state index < -0.39 is 0 Å². The molecule has 0 fully saturated rings. The Labute approximate surface area is 295 Å². The number of benzene rings is 7. The maximum Gasteiger partial charge on any atom is 0.164 e. The van der Waals surface area contributed by atoms with Crippen LogP contribution >= 0.6 is 0 Å². The number of aromatic nitrogens is 3. The Bertz CT molecular complexity index is 2840. The number of fused-ring (bicyclic) bond motifs is 5. The van der Waals surface area contributed by atoms with E-state index in [9.17, 15) is 0 Å². The summed E-state index contributed by atoms with van der Waals surface area (Å²) in [5.41, 5.74) is 8.00. The molecule has 10 rings (SSSR count). The number of furan rings is 1. The van der Waals surface area contributed by atoms with Crippen LogP contribution in [0.1, 0.15) is 18.2 Å². The first-order valence-corrected chi connectivity index (χ1v) is 17.4. The second kappa shape index (κ2) is 12.0. The fourth-order valence-corrected chi connectivity index (χ4v) is 7.36. The number of hydrogen-bond acceptors (Lipinski definition) is 4. The standard InChI is InChI=1S/C47H31N3O/c1-2-12-33(13-3-1)45-48-46(34-22-18-32(19-23-34)37-24-20-30-10-4-6-14-35(30)28-37)50-47(49-45)41-27-26-39(38-25-21-31-11-5-7-15-36(31)29-38)44-43(41)40-16-8-9-17-42(40)51-44/h1-12,14-29,33H,13H2. The largest absolute Gasteiger partial charge is 0.455 e. The van der Waals surface area contributed by atoms with Gasteiger partial charge in [-0.2, -0.15) is 0 Å². The highest BCUT2D eigenvalue weighted by Crippen LogP contribution is 2.42. The van der Waals surface area contributed by atoms with Gasteiger partial charge in [-0.15, -0.1) is 0 Å². The number of para-hydroxylation sites is 1. The zero-order valence-corrected chi connectivity index (χ0v) is 27.7. The molecular weight excluding hydrogens is 623 g/mol. The van der Waals surface area contributed by atoms with Crippen LogP contribution in [-0.2, 0) is 0 Å². The molecular formula is C47H31N3O. The van der Waals surface area contributed by atoms with Crippen molar-refractivity contribution >= 4 is 43.5 Å². The van der Waals surface area contributed by atoms with Gasteiger partial charge in [-0.3, -0.25) is 0 Å². The Kier molecular flexibility index (Phi) is 6.91. The molecule has 9 aromatic rings. The Morgan fingerprint density at radius 3 is 1.88 bits per heavy atom. The Morgan fingerprint density at radius 2 is 1.12 bits per heavy atom. The van der Waals surface area contributed by atoms with Crippen molar-refractivity contribution in [3.8, 4) is 45.0 Å². The lowest BCUT2D eigenvalue weighted by Gasteiger charge is -2.15. The summed E-state index contributed by atoms with van der Waals surface area (Å²) >= 11 is 0. The smallest absolute Gasteiger partial charge is 0.164 e. The molecule has 2 heterocycles. The summed E-state index contributed by atoms with van der Waals surface area (Å²) in [5, 5.41) is 6.90. The van der Waals surface area contributed by atoms with Crippen molar-refractivity contribution in [3.05, 3.63) is 176 Å². The normalized spacial score (nSPS) is 14.2. The van der Waals surface area contributed by atoms with Gasteiger partial charge < -0.3 is 4.42 Å². The van der Waals surface area contributed by atoms with Gasteiger partial charge in [-0.1, -0.05) is 140 Å². The highest BCUT2D eigenvalue weighted by atomic mass is 16.3. The molecule has 0 spiro atoms. The van der Waals surface area contributed by atoms with Crippen LogP contribution in [0.2, 0.25) is 0 Å². The van der Waals surface area contributed by atoms with E-state index in [1.54, 1.807) is 0 Å². The van der Waals surface area contributed by atoms with Crippen molar-refractivity contribution in [2.45, 2.75) is 12.3 Å². The van der Waals surface area contributed by atoms with E-state index in [-0.39, 0.29) is 5.92 Å². The molecule has 0 radical (unpaired) electrons. The zero-order chi connectivity index (χ0) is 33.7. The van der Waals surface area contributed by atoms with Gasteiger partial charge in [0.15, 0.2) is 11.6 Å². The third-order valence-corrected chi connectivity index (χ3v) is 10.0. The fraction of sp³-hybridized carbons (Fsp3) is 0.0426. The van der Waals surface area contributed by atoms with E-state index >= 15 is 0 Å². The number of nitrogens with zero attached hydrogens (tertiary/aromatic N) is 3. The molecule has 0 saturated carbocycles. The Morgan fingerprint density at radius 1 is 0.490 bits per heavy atom. The molecule has 7 aromatic carbocycles. The van der Waals surface area contributed by atoms with E-state index in [1.807, 2.05) is 12.1 Å². The van der Waals surface area contributed by atoms with Crippen LogP contribution in [0, 0.1) is 0 Å². The average Bonchev–Trinajstić information content (AvgIpc) is 3.60. The van der Waals surface area contributed by atoms with Crippen LogP contribution in [0.25, 0.3) is 88.5 Å². The molecule has 1 unspecified atom stereocenters. The second-order valence-corrected chi connectivity index (χ2v) is 13.2. The minimum absolute atomic E-state index is 0.0563. The summed E-state index contributed by atoms with van der Waals surface area (Å²) in [6.45, 7) is 0. The van der Waals surface area contributed by atoms with Crippen LogP contribution in [0.5, 0.6) is 0 Å². The summed E-state index contributed by atoms with van der Waals surface area (Å²) in [6, 6.07) is 51.2. The summed E-state index contributed by atoms with van der Waals surface area (Å²) in [5.74, 6) is 2.11. The summed E-state index contributed by atoms with van der Waals surface area (Å²) in [7, 11) is 0. The first-order valence-electron chi connectivity index (χ1n) is 17.4. The van der Waals surface area contributed by atoms with Gasteiger partial charge in [0.1, 0.15) is 17.0 Å². The lowest BCUT2D eigenvalue weighted by molar-refractivity contribution is 0.670. The van der Waals surface area contributed by atoms with E-state index in [2.05, 4.69) is 158 Å². The van der Waals surface area contributed by atoms with Crippen molar-refractivity contribution in [1.29, 1.82) is 0 Å². The van der Waals surface area contributed by atoms with Crippen molar-refractivity contribution in [3.63, 3.8) is 0 Å². The quantitative estimate of drug-likeness (QED) is 0.185. The molecule has 0 aliphatic heterocycles. The van der Waals surface area contributed by atoms with Crippen LogP contribution in [0.3, 0.4) is 0 Å². The van der Waals surface area contributed by atoms with E-state index in [4.69, 9.17) is 19.4 Å². The third kappa shape index (κ3) is 5.20. The predicted octanol–water partition coefficient (Wildman–Crippen LogP) is 12.3. The van der Waals surface area contributed by atoms with Crippen LogP contribution in [0.15, 0.2) is 174 Å². The molecule has 0 saturated heterocycles. The molecule has 4 nitrogen and oxygen atoms in total. The van der Waals surface area contributed by atoms with Crippen molar-refractivity contribution in [2.24, 2.45) is 0 Å². The van der Waals surface area contributed by atoms with Gasteiger partial charge in [0.25, 0.3) is 0 Å². The summed E-state index contributed by atoms with van der Waals surface area (Å²) in [6.07, 6.45) is 9.35. The van der Waals surface area contributed by atoms with E-state index in [1.165, 1.54) is 27.1 Å². The second-order valence-electron chi connectivity index (χ2n) is 13.2. The van der Waals surface area contributed by atoms with Gasteiger partial charge in [0, 0.05) is 33.4 Å². The molecule has 0 amide bonds. The highest BCUT2D eigenvalue weighted by molar-refractivity contribution is 6.16. The predicted molar refractivity (Wildman–Crippen MR) is 209 cm³/mol. The van der Waals surface area contributed by atoms with Crippen molar-refractivity contribution in [2.75, 3.05) is 0 Å². The van der Waals surface area contributed by atoms with Crippen molar-refractivity contribution in [1.82, 2.24) is 15.0 Å². The van der Waals surface area contributed by atoms with Crippen LogP contribution < -0.4 is 0 Å². The topological polar surface area (TPSA) is 51.8 Å².